The maximum atomic E-state index is 3.58. The number of hydrogen-bond donors (Lipinski definition) is 2. The molecule has 1 aliphatic rings. The van der Waals surface area contributed by atoms with E-state index in [0.717, 1.165) is 12.5 Å². The lowest BCUT2D eigenvalue weighted by Gasteiger charge is -2.31. The molecule has 1 aromatic carbocycles. The number of nitrogens with one attached hydrogen (secondary N) is 2. The van der Waals surface area contributed by atoms with E-state index < -0.39 is 0 Å². The maximum Gasteiger partial charge on any atom is 0.0345 e. The molecule has 0 aliphatic carbocycles. The molecule has 0 saturated carbocycles. The molecule has 3 heteroatoms. The van der Waals surface area contributed by atoms with E-state index in [-0.39, 0.29) is 0 Å². The van der Waals surface area contributed by atoms with Crippen LogP contribution in [0.4, 0.5) is 0 Å². The first kappa shape index (κ1) is 14.1. The molecule has 0 spiro atoms. The highest BCUT2D eigenvalue weighted by atomic mass is 32.1. The molecule has 0 bridgehead atoms. The Morgan fingerprint density at radius 2 is 2.30 bits per heavy atom. The topological polar surface area (TPSA) is 24.1 Å². The summed E-state index contributed by atoms with van der Waals surface area (Å²) in [5, 5.41) is 10.8. The van der Waals surface area contributed by atoms with Gasteiger partial charge in [-0.15, -0.1) is 11.3 Å². The normalized spacial score (nSPS) is 21.1. The Labute approximate surface area is 125 Å². The highest BCUT2D eigenvalue weighted by molar-refractivity contribution is 7.17. The average Bonchev–Trinajstić information content (AvgIpc) is 2.93. The van der Waals surface area contributed by atoms with Crippen molar-refractivity contribution >= 4 is 21.4 Å². The highest BCUT2D eigenvalue weighted by Gasteiger charge is 2.26. The van der Waals surface area contributed by atoms with Crippen LogP contribution in [0.25, 0.3) is 10.1 Å². The Morgan fingerprint density at radius 1 is 1.40 bits per heavy atom. The van der Waals surface area contributed by atoms with Gasteiger partial charge in [-0.3, -0.25) is 0 Å². The summed E-state index contributed by atoms with van der Waals surface area (Å²) in [7, 11) is 2.06. The molecule has 1 fully saturated rings. The second kappa shape index (κ2) is 6.70. The Bertz CT molecular complexity index is 543. The van der Waals surface area contributed by atoms with E-state index in [9.17, 15) is 0 Å². The maximum absolute atomic E-state index is 3.58. The molecule has 3 rings (SSSR count). The molecule has 2 atom stereocenters. The molecule has 2 N–H and O–H groups in total. The van der Waals surface area contributed by atoms with Crippen molar-refractivity contribution in [3.8, 4) is 0 Å². The molecule has 2 unspecified atom stereocenters. The molecular weight excluding hydrogens is 264 g/mol. The summed E-state index contributed by atoms with van der Waals surface area (Å²) >= 11 is 1.90. The van der Waals surface area contributed by atoms with Gasteiger partial charge in [0.15, 0.2) is 0 Å². The van der Waals surface area contributed by atoms with Gasteiger partial charge in [0, 0.05) is 4.70 Å². The zero-order chi connectivity index (χ0) is 13.8. The van der Waals surface area contributed by atoms with Crippen LogP contribution in [0, 0.1) is 5.92 Å². The monoisotopic (exact) mass is 288 g/mol. The molecule has 20 heavy (non-hydrogen) atoms. The van der Waals surface area contributed by atoms with E-state index >= 15 is 0 Å². The van der Waals surface area contributed by atoms with Gasteiger partial charge in [0.05, 0.1) is 0 Å². The van der Waals surface area contributed by atoms with Crippen LogP contribution in [-0.2, 0) is 0 Å². The summed E-state index contributed by atoms with van der Waals surface area (Å²) in [6.07, 6.45) is 3.93. The fraction of sp³-hybridized carbons (Fsp3) is 0.529. The van der Waals surface area contributed by atoms with E-state index in [1.165, 1.54) is 42.4 Å². The molecule has 1 aromatic heterocycles. The third kappa shape index (κ3) is 2.90. The number of rotatable bonds is 5. The van der Waals surface area contributed by atoms with Gasteiger partial charge in [0.1, 0.15) is 0 Å². The lowest BCUT2D eigenvalue weighted by molar-refractivity contribution is 0.311. The van der Waals surface area contributed by atoms with E-state index in [1.54, 1.807) is 5.56 Å². The van der Waals surface area contributed by atoms with Crippen molar-refractivity contribution in [1.29, 1.82) is 0 Å². The molecule has 1 saturated heterocycles. The van der Waals surface area contributed by atoms with Crippen LogP contribution >= 0.6 is 11.3 Å². The van der Waals surface area contributed by atoms with Gasteiger partial charge < -0.3 is 10.6 Å². The number of piperidine rings is 1. The first-order valence-electron chi connectivity index (χ1n) is 7.71. The molecule has 0 radical (unpaired) electrons. The van der Waals surface area contributed by atoms with Gasteiger partial charge in [-0.25, -0.2) is 0 Å². The number of fused-ring (bicyclic) bond motifs is 1. The zero-order valence-electron chi connectivity index (χ0n) is 12.2. The number of hydrogen-bond acceptors (Lipinski definition) is 3. The predicted molar refractivity (Wildman–Crippen MR) is 88.7 cm³/mol. The van der Waals surface area contributed by atoms with E-state index in [4.69, 9.17) is 0 Å². The Kier molecular flexibility index (Phi) is 4.71. The van der Waals surface area contributed by atoms with Gasteiger partial charge in [0.25, 0.3) is 0 Å². The van der Waals surface area contributed by atoms with Gasteiger partial charge in [-0.1, -0.05) is 18.2 Å². The molecule has 1 aliphatic heterocycles. The fourth-order valence-corrected chi connectivity index (χ4v) is 4.48. The Hall–Kier alpha value is -0.900. The summed E-state index contributed by atoms with van der Waals surface area (Å²) in [6, 6.07) is 8.86. The van der Waals surface area contributed by atoms with E-state index in [2.05, 4.69) is 47.3 Å². The van der Waals surface area contributed by atoms with Crippen molar-refractivity contribution in [3.63, 3.8) is 0 Å². The van der Waals surface area contributed by atoms with Crippen molar-refractivity contribution in [2.45, 2.75) is 25.2 Å². The second-order valence-electron chi connectivity index (χ2n) is 5.79. The van der Waals surface area contributed by atoms with Crippen LogP contribution in [0.1, 0.15) is 30.7 Å². The SMILES string of the molecule is CNCCC(c1csc2ccccc12)C1CCCNC1. The molecule has 0 amide bonds. The third-order valence-electron chi connectivity index (χ3n) is 4.52. The molecule has 2 aromatic rings. The summed E-state index contributed by atoms with van der Waals surface area (Å²) in [5.74, 6) is 1.47. The summed E-state index contributed by atoms with van der Waals surface area (Å²) < 4.78 is 1.43. The minimum atomic E-state index is 0.686. The minimum Gasteiger partial charge on any atom is -0.320 e. The van der Waals surface area contributed by atoms with Gasteiger partial charge in [-0.2, -0.15) is 0 Å². The smallest absolute Gasteiger partial charge is 0.0345 e. The quantitative estimate of drug-likeness (QED) is 0.878. The summed E-state index contributed by atoms with van der Waals surface area (Å²) in [6.45, 7) is 3.48. The zero-order valence-corrected chi connectivity index (χ0v) is 13.0. The average molecular weight is 288 g/mol. The van der Waals surface area contributed by atoms with Gasteiger partial charge in [0.2, 0.25) is 0 Å². The van der Waals surface area contributed by atoms with Crippen molar-refractivity contribution in [1.82, 2.24) is 10.6 Å². The van der Waals surface area contributed by atoms with Crippen molar-refractivity contribution < 1.29 is 0 Å². The van der Waals surface area contributed by atoms with Crippen molar-refractivity contribution in [3.05, 3.63) is 35.2 Å². The van der Waals surface area contributed by atoms with E-state index in [1.807, 2.05) is 11.3 Å². The molecular formula is C17H24N2S. The van der Waals surface area contributed by atoms with Crippen LogP contribution in [0.15, 0.2) is 29.6 Å². The van der Waals surface area contributed by atoms with Crippen LogP contribution in [-0.4, -0.2) is 26.7 Å². The van der Waals surface area contributed by atoms with Crippen LogP contribution in [0.3, 0.4) is 0 Å². The second-order valence-corrected chi connectivity index (χ2v) is 6.70. The van der Waals surface area contributed by atoms with Gasteiger partial charge in [-0.05, 0) is 80.2 Å². The molecule has 108 valence electrons. The predicted octanol–water partition coefficient (Wildman–Crippen LogP) is 3.59. The summed E-state index contributed by atoms with van der Waals surface area (Å²) in [5.41, 5.74) is 1.58. The Morgan fingerprint density at radius 3 is 3.10 bits per heavy atom. The Balaban J connectivity index is 1.90. The molecule has 2 heterocycles. The van der Waals surface area contributed by atoms with Crippen LogP contribution in [0.2, 0.25) is 0 Å². The van der Waals surface area contributed by atoms with Crippen molar-refractivity contribution in [2.75, 3.05) is 26.7 Å². The number of thiophene rings is 1. The van der Waals surface area contributed by atoms with Gasteiger partial charge >= 0.3 is 0 Å². The standard InChI is InChI=1S/C17H24N2S/c1-18-10-8-14(13-5-4-9-19-11-13)16-12-20-17-7-3-2-6-15(16)17/h2-3,6-7,12-14,18-19H,4-5,8-11H2,1H3. The molecule has 2 nitrogen and oxygen atoms in total. The fourth-order valence-electron chi connectivity index (χ4n) is 3.45. The highest BCUT2D eigenvalue weighted by Crippen LogP contribution is 2.38. The minimum absolute atomic E-state index is 0.686. The lowest BCUT2D eigenvalue weighted by Crippen LogP contribution is -2.34. The largest absolute Gasteiger partial charge is 0.320 e. The first-order valence-corrected chi connectivity index (χ1v) is 8.59. The summed E-state index contributed by atoms with van der Waals surface area (Å²) in [4.78, 5) is 0. The van der Waals surface area contributed by atoms with E-state index in [0.29, 0.717) is 5.92 Å². The third-order valence-corrected chi connectivity index (χ3v) is 5.50. The van der Waals surface area contributed by atoms with Crippen LogP contribution in [0.5, 0.6) is 0 Å². The number of benzene rings is 1. The first-order chi connectivity index (χ1) is 9.90. The lowest BCUT2D eigenvalue weighted by atomic mass is 9.79. The van der Waals surface area contributed by atoms with Crippen LogP contribution < -0.4 is 10.6 Å². The van der Waals surface area contributed by atoms with Crippen molar-refractivity contribution in [2.24, 2.45) is 5.92 Å².